The SMILES string of the molecule is [2H]C([2H])([2H])C1(C)[C@@H]2[C@@H](C(=C)OC)NC[C@@H]21. The molecule has 1 saturated heterocycles. The largest absolute Gasteiger partial charge is 0.500 e. The van der Waals surface area contributed by atoms with E-state index < -0.39 is 12.3 Å². The minimum Gasteiger partial charge on any atom is -0.500 e. The number of nitrogens with one attached hydrogen (secondary N) is 1. The quantitative estimate of drug-likeness (QED) is 0.632. The zero-order valence-electron chi connectivity index (χ0n) is 10.6. The van der Waals surface area contributed by atoms with E-state index in [1.54, 1.807) is 7.11 Å². The Kier molecular flexibility index (Phi) is 0.992. The minimum absolute atomic E-state index is 0.00502. The summed E-state index contributed by atoms with van der Waals surface area (Å²) in [6.07, 6.45) is 0. The number of fused-ring (bicyclic) bond motifs is 1. The molecule has 0 aromatic rings. The van der Waals surface area contributed by atoms with Gasteiger partial charge in [-0.15, -0.1) is 0 Å². The van der Waals surface area contributed by atoms with Crippen molar-refractivity contribution >= 4 is 0 Å². The fourth-order valence-corrected chi connectivity index (χ4v) is 2.38. The summed E-state index contributed by atoms with van der Waals surface area (Å²) in [6.45, 7) is 4.54. The van der Waals surface area contributed by atoms with Crippen LogP contribution in [0.15, 0.2) is 12.3 Å². The molecule has 2 aliphatic rings. The average Bonchev–Trinajstić information content (AvgIpc) is 2.60. The van der Waals surface area contributed by atoms with Gasteiger partial charge in [0.1, 0.15) is 5.76 Å². The van der Waals surface area contributed by atoms with Gasteiger partial charge in [0.2, 0.25) is 0 Å². The van der Waals surface area contributed by atoms with Gasteiger partial charge in [-0.05, 0) is 23.8 Å². The van der Waals surface area contributed by atoms with Crippen molar-refractivity contribution in [1.29, 1.82) is 0 Å². The Hall–Kier alpha value is -0.500. The van der Waals surface area contributed by atoms with Gasteiger partial charge in [0.05, 0.1) is 13.2 Å². The summed E-state index contributed by atoms with van der Waals surface area (Å²) in [5.41, 5.74) is -0.551. The molecule has 1 saturated carbocycles. The lowest BCUT2D eigenvalue weighted by atomic mass is 10.0. The molecule has 4 atom stereocenters. The maximum absolute atomic E-state index is 7.57. The molecule has 2 nitrogen and oxygen atoms in total. The van der Waals surface area contributed by atoms with Gasteiger partial charge in [0.15, 0.2) is 0 Å². The zero-order chi connectivity index (χ0) is 11.4. The lowest BCUT2D eigenvalue weighted by Crippen LogP contribution is -2.32. The molecule has 0 bridgehead atoms. The lowest BCUT2D eigenvalue weighted by molar-refractivity contribution is 0.240. The van der Waals surface area contributed by atoms with Gasteiger partial charge >= 0.3 is 0 Å². The second kappa shape index (κ2) is 2.25. The standard InChI is InChI=1S/C10H17NO/c1-6(12-4)9-8-7(5-11-9)10(8,2)3/h7-9,11H,1,5H2,2-4H3/t7-,8-,9+/m0/s1/i2D3/t7-,8-,9+,10?. The fraction of sp³-hybridized carbons (Fsp3) is 0.800. The first-order valence-corrected chi connectivity index (χ1v) is 4.30. The highest BCUT2D eigenvalue weighted by Crippen LogP contribution is 2.63. The summed E-state index contributed by atoms with van der Waals surface area (Å²) < 4.78 is 27.8. The Balaban J connectivity index is 2.17. The van der Waals surface area contributed by atoms with Crippen LogP contribution in [0.25, 0.3) is 0 Å². The highest BCUT2D eigenvalue weighted by atomic mass is 16.5. The first-order valence-electron chi connectivity index (χ1n) is 5.80. The summed E-state index contributed by atoms with van der Waals surface area (Å²) in [5.74, 6) is 1.04. The van der Waals surface area contributed by atoms with E-state index in [4.69, 9.17) is 8.85 Å². The van der Waals surface area contributed by atoms with Crippen LogP contribution in [-0.2, 0) is 4.74 Å². The van der Waals surface area contributed by atoms with Crippen molar-refractivity contribution in [2.24, 2.45) is 17.3 Å². The van der Waals surface area contributed by atoms with Gasteiger partial charge in [-0.25, -0.2) is 0 Å². The van der Waals surface area contributed by atoms with E-state index in [2.05, 4.69) is 11.9 Å². The van der Waals surface area contributed by atoms with Gasteiger partial charge in [-0.2, -0.15) is 0 Å². The summed E-state index contributed by atoms with van der Waals surface area (Å²) in [4.78, 5) is 0. The van der Waals surface area contributed by atoms with E-state index >= 15 is 0 Å². The number of hydrogen-bond donors (Lipinski definition) is 1. The molecular formula is C10H17NO. The first kappa shape index (κ1) is 5.28. The van der Waals surface area contributed by atoms with Crippen LogP contribution in [0, 0.1) is 17.3 Å². The number of piperidine rings is 1. The molecule has 0 amide bonds. The second-order valence-corrected chi connectivity index (χ2v) is 3.97. The smallest absolute Gasteiger partial charge is 0.106 e. The van der Waals surface area contributed by atoms with Crippen molar-refractivity contribution in [3.8, 4) is 0 Å². The molecule has 0 radical (unpaired) electrons. The molecule has 12 heavy (non-hydrogen) atoms. The Labute approximate surface area is 78.2 Å². The molecule has 1 unspecified atom stereocenters. The van der Waals surface area contributed by atoms with Crippen molar-refractivity contribution in [1.82, 2.24) is 5.32 Å². The van der Waals surface area contributed by atoms with Crippen molar-refractivity contribution in [3.63, 3.8) is 0 Å². The van der Waals surface area contributed by atoms with E-state index in [9.17, 15) is 0 Å². The van der Waals surface area contributed by atoms with Gasteiger partial charge in [-0.1, -0.05) is 20.4 Å². The van der Waals surface area contributed by atoms with Crippen LogP contribution in [0.5, 0.6) is 0 Å². The monoisotopic (exact) mass is 170 g/mol. The third-order valence-electron chi connectivity index (χ3n) is 3.31. The molecule has 2 rings (SSSR count). The first-order chi connectivity index (χ1) is 6.84. The molecule has 0 aromatic carbocycles. The maximum atomic E-state index is 7.57. The molecule has 0 spiro atoms. The Bertz CT molecular complexity index is 302. The highest BCUT2D eigenvalue weighted by molar-refractivity contribution is 5.21. The van der Waals surface area contributed by atoms with Crippen LogP contribution in [0.3, 0.4) is 0 Å². The van der Waals surface area contributed by atoms with Gasteiger partial charge in [0, 0.05) is 4.11 Å². The topological polar surface area (TPSA) is 21.3 Å². The predicted molar refractivity (Wildman–Crippen MR) is 48.7 cm³/mol. The number of ether oxygens (including phenoxy) is 1. The molecule has 2 heteroatoms. The molecule has 1 heterocycles. The summed E-state index contributed by atoms with van der Waals surface area (Å²) in [5, 5.41) is 3.26. The maximum Gasteiger partial charge on any atom is 0.106 e. The molecule has 0 aromatic heterocycles. The van der Waals surface area contributed by atoms with Gasteiger partial charge in [-0.3, -0.25) is 0 Å². The number of hydrogen-bond acceptors (Lipinski definition) is 2. The normalized spacial score (nSPS) is 54.8. The van der Waals surface area contributed by atoms with E-state index in [0.717, 1.165) is 6.54 Å². The van der Waals surface area contributed by atoms with Crippen molar-refractivity contribution in [2.75, 3.05) is 13.7 Å². The highest BCUT2D eigenvalue weighted by Gasteiger charge is 2.64. The third-order valence-corrected chi connectivity index (χ3v) is 3.31. The zero-order valence-corrected chi connectivity index (χ0v) is 7.55. The van der Waals surface area contributed by atoms with Crippen LogP contribution >= 0.6 is 0 Å². The number of methoxy groups -OCH3 is 1. The van der Waals surface area contributed by atoms with E-state index in [1.165, 1.54) is 0 Å². The van der Waals surface area contributed by atoms with E-state index in [1.807, 2.05) is 6.92 Å². The van der Waals surface area contributed by atoms with Crippen LogP contribution in [0.2, 0.25) is 0 Å². The minimum atomic E-state index is -1.88. The molecule has 1 aliphatic carbocycles. The van der Waals surface area contributed by atoms with E-state index in [-0.39, 0.29) is 17.9 Å². The summed E-state index contributed by atoms with van der Waals surface area (Å²) in [7, 11) is 1.58. The van der Waals surface area contributed by atoms with Crippen LogP contribution in [-0.4, -0.2) is 19.7 Å². The second-order valence-electron chi connectivity index (χ2n) is 3.97. The number of rotatable bonds is 2. The third kappa shape index (κ3) is 0.845. The van der Waals surface area contributed by atoms with Crippen LogP contribution in [0.1, 0.15) is 17.9 Å². The van der Waals surface area contributed by atoms with Gasteiger partial charge < -0.3 is 10.1 Å². The van der Waals surface area contributed by atoms with Crippen LogP contribution in [0.4, 0.5) is 0 Å². The molecular weight excluding hydrogens is 150 g/mol. The average molecular weight is 170 g/mol. The molecule has 1 N–H and O–H groups in total. The molecule has 68 valence electrons. The van der Waals surface area contributed by atoms with Gasteiger partial charge in [0.25, 0.3) is 0 Å². The Morgan fingerprint density at radius 1 is 1.83 bits per heavy atom. The Morgan fingerprint density at radius 2 is 2.58 bits per heavy atom. The molecule has 2 fully saturated rings. The Morgan fingerprint density at radius 3 is 3.08 bits per heavy atom. The van der Waals surface area contributed by atoms with E-state index in [0.29, 0.717) is 5.76 Å². The van der Waals surface area contributed by atoms with Crippen molar-refractivity contribution in [3.05, 3.63) is 12.3 Å². The summed E-state index contributed by atoms with van der Waals surface area (Å²) in [6, 6.07) is 0.00502. The predicted octanol–water partition coefficient (Wildman–Crippen LogP) is 1.39. The fourth-order valence-electron chi connectivity index (χ4n) is 2.38. The van der Waals surface area contributed by atoms with Crippen molar-refractivity contribution < 1.29 is 8.85 Å². The van der Waals surface area contributed by atoms with Crippen LogP contribution < -0.4 is 5.32 Å². The lowest BCUT2D eigenvalue weighted by Gasteiger charge is -2.19. The van der Waals surface area contributed by atoms with Crippen molar-refractivity contribution in [2.45, 2.75) is 19.8 Å². The summed E-state index contributed by atoms with van der Waals surface area (Å²) >= 11 is 0. The molecule has 1 aliphatic heterocycles.